The number of nitrogens with two attached hydrogens (primary N) is 1. The van der Waals surface area contributed by atoms with Crippen molar-refractivity contribution in [3.8, 4) is 0 Å². The molecule has 4 heteroatoms. The molecule has 1 aromatic rings. The minimum atomic E-state index is 0.145. The summed E-state index contributed by atoms with van der Waals surface area (Å²) in [5.74, 6) is 2.43. The average molecular weight is 206 g/mol. The Bertz CT molecular complexity index is 390. The summed E-state index contributed by atoms with van der Waals surface area (Å²) < 4.78 is 2.31. The van der Waals surface area contributed by atoms with Crippen molar-refractivity contribution in [2.24, 2.45) is 5.73 Å². The van der Waals surface area contributed by atoms with Gasteiger partial charge in [0.1, 0.15) is 11.6 Å². The van der Waals surface area contributed by atoms with E-state index in [1.165, 1.54) is 24.5 Å². The molecule has 0 radical (unpaired) electrons. The first-order valence-electron chi connectivity index (χ1n) is 5.77. The maximum atomic E-state index is 6.09. The van der Waals surface area contributed by atoms with Gasteiger partial charge in [0.2, 0.25) is 0 Å². The fourth-order valence-corrected chi connectivity index (χ4v) is 2.34. The Hall–Kier alpha value is -1.03. The van der Waals surface area contributed by atoms with Gasteiger partial charge in [0.05, 0.1) is 5.69 Å². The molecule has 3 N–H and O–H groups in total. The molecule has 0 unspecified atom stereocenters. The van der Waals surface area contributed by atoms with Gasteiger partial charge in [0, 0.05) is 25.0 Å². The highest BCUT2D eigenvalue weighted by Gasteiger charge is 2.37. The van der Waals surface area contributed by atoms with E-state index in [0.29, 0.717) is 0 Å². The zero-order valence-electron chi connectivity index (χ0n) is 9.21. The van der Waals surface area contributed by atoms with E-state index in [1.807, 2.05) is 0 Å². The van der Waals surface area contributed by atoms with Gasteiger partial charge >= 0.3 is 0 Å². The lowest BCUT2D eigenvalue weighted by Gasteiger charge is -2.08. The number of anilines is 1. The predicted octanol–water partition coefficient (Wildman–Crippen LogP) is 1.04. The number of aryl methyl sites for hydroxylation is 2. The molecule has 1 aliphatic heterocycles. The fourth-order valence-electron chi connectivity index (χ4n) is 2.34. The third-order valence-electron chi connectivity index (χ3n) is 3.59. The van der Waals surface area contributed by atoms with E-state index in [2.05, 4.69) is 21.8 Å². The number of aromatic nitrogens is 2. The molecule has 0 atom stereocenters. The quantitative estimate of drug-likeness (QED) is 0.777. The van der Waals surface area contributed by atoms with Gasteiger partial charge in [0.15, 0.2) is 0 Å². The van der Waals surface area contributed by atoms with E-state index >= 15 is 0 Å². The van der Waals surface area contributed by atoms with Gasteiger partial charge in [0.25, 0.3) is 0 Å². The molecule has 4 nitrogen and oxygen atoms in total. The number of hydrogen-bond donors (Lipinski definition) is 2. The van der Waals surface area contributed by atoms with Crippen molar-refractivity contribution in [2.75, 3.05) is 11.9 Å². The van der Waals surface area contributed by atoms with Gasteiger partial charge in [-0.2, -0.15) is 0 Å². The topological polar surface area (TPSA) is 55.9 Å². The molecular formula is C11H18N4. The van der Waals surface area contributed by atoms with Gasteiger partial charge < -0.3 is 15.6 Å². The molecule has 0 aromatic carbocycles. The van der Waals surface area contributed by atoms with Crippen LogP contribution in [0.3, 0.4) is 0 Å². The summed E-state index contributed by atoms with van der Waals surface area (Å²) in [6, 6.07) is 0. The van der Waals surface area contributed by atoms with E-state index in [1.54, 1.807) is 0 Å². The third kappa shape index (κ3) is 1.53. The van der Waals surface area contributed by atoms with Crippen molar-refractivity contribution < 1.29 is 0 Å². The maximum Gasteiger partial charge on any atom is 0.129 e. The Labute approximate surface area is 89.9 Å². The van der Waals surface area contributed by atoms with Crippen molar-refractivity contribution in [3.63, 3.8) is 0 Å². The largest absolute Gasteiger partial charge is 0.368 e. The zero-order chi connectivity index (χ0) is 10.5. The van der Waals surface area contributed by atoms with Crippen molar-refractivity contribution in [2.45, 2.75) is 44.7 Å². The molecule has 0 bridgehead atoms. The Balaban J connectivity index is 1.77. The average Bonchev–Trinajstić information content (AvgIpc) is 2.65. The second-order valence-electron chi connectivity index (χ2n) is 4.90. The van der Waals surface area contributed by atoms with Crippen LogP contribution in [0.15, 0.2) is 0 Å². The molecule has 1 fully saturated rings. The lowest BCUT2D eigenvalue weighted by atomic mass is 10.1. The molecule has 2 aliphatic rings. The van der Waals surface area contributed by atoms with E-state index in [0.717, 1.165) is 31.6 Å². The smallest absolute Gasteiger partial charge is 0.129 e. The van der Waals surface area contributed by atoms with Crippen LogP contribution in [0.2, 0.25) is 0 Å². The number of fused-ring (bicyclic) bond motifs is 1. The standard InChI is InChI=1S/C11H18N4/c1-8-10-13-6-7-15(10)9(14-8)2-3-11(12)4-5-11/h13H,2-7,12H2,1H3. The summed E-state index contributed by atoms with van der Waals surface area (Å²) in [7, 11) is 0. The van der Waals surface area contributed by atoms with Crippen LogP contribution in [0.4, 0.5) is 5.82 Å². The second-order valence-corrected chi connectivity index (χ2v) is 4.90. The highest BCUT2D eigenvalue weighted by atomic mass is 15.2. The van der Waals surface area contributed by atoms with Crippen LogP contribution in [0.1, 0.15) is 30.8 Å². The monoisotopic (exact) mass is 206 g/mol. The molecular weight excluding hydrogens is 188 g/mol. The molecule has 0 amide bonds. The molecule has 3 rings (SSSR count). The van der Waals surface area contributed by atoms with Crippen molar-refractivity contribution in [3.05, 3.63) is 11.5 Å². The van der Waals surface area contributed by atoms with E-state index in [9.17, 15) is 0 Å². The van der Waals surface area contributed by atoms with E-state index in [4.69, 9.17) is 5.73 Å². The number of hydrogen-bond acceptors (Lipinski definition) is 3. The number of imidazole rings is 1. The summed E-state index contributed by atoms with van der Waals surface area (Å²) in [6.45, 7) is 4.17. The van der Waals surface area contributed by atoms with Crippen LogP contribution in [0.25, 0.3) is 0 Å². The summed E-state index contributed by atoms with van der Waals surface area (Å²) >= 11 is 0. The SMILES string of the molecule is Cc1nc(CCC2(N)CC2)n2c1NCC2. The molecule has 2 heterocycles. The lowest BCUT2D eigenvalue weighted by Crippen LogP contribution is -2.22. The Morgan fingerprint density at radius 2 is 2.33 bits per heavy atom. The molecule has 1 aliphatic carbocycles. The molecule has 0 spiro atoms. The van der Waals surface area contributed by atoms with E-state index in [-0.39, 0.29) is 5.54 Å². The minimum absolute atomic E-state index is 0.145. The van der Waals surface area contributed by atoms with E-state index < -0.39 is 0 Å². The van der Waals surface area contributed by atoms with Crippen LogP contribution in [0, 0.1) is 6.92 Å². The van der Waals surface area contributed by atoms with Gasteiger partial charge in [-0.15, -0.1) is 0 Å². The Morgan fingerprint density at radius 3 is 3.07 bits per heavy atom. The summed E-state index contributed by atoms with van der Waals surface area (Å²) in [5.41, 5.74) is 7.37. The molecule has 82 valence electrons. The fraction of sp³-hybridized carbons (Fsp3) is 0.727. The van der Waals surface area contributed by atoms with Crippen molar-refractivity contribution in [1.82, 2.24) is 9.55 Å². The first-order chi connectivity index (χ1) is 7.18. The maximum absolute atomic E-state index is 6.09. The normalized spacial score (nSPS) is 21.2. The van der Waals surface area contributed by atoms with Gasteiger partial charge in [-0.05, 0) is 26.2 Å². The van der Waals surface area contributed by atoms with Gasteiger partial charge in [-0.1, -0.05) is 0 Å². The van der Waals surface area contributed by atoms with Crippen molar-refractivity contribution in [1.29, 1.82) is 0 Å². The molecule has 1 aromatic heterocycles. The predicted molar refractivity (Wildman–Crippen MR) is 59.9 cm³/mol. The lowest BCUT2D eigenvalue weighted by molar-refractivity contribution is 0.580. The van der Waals surface area contributed by atoms with Gasteiger partial charge in [-0.25, -0.2) is 4.98 Å². The molecule has 15 heavy (non-hydrogen) atoms. The Kier molecular flexibility index (Phi) is 1.83. The molecule has 0 saturated heterocycles. The van der Waals surface area contributed by atoms with Crippen LogP contribution >= 0.6 is 0 Å². The first-order valence-corrected chi connectivity index (χ1v) is 5.77. The van der Waals surface area contributed by atoms with Gasteiger partial charge in [-0.3, -0.25) is 0 Å². The first kappa shape index (κ1) is 9.21. The number of nitrogens with one attached hydrogen (secondary N) is 1. The number of nitrogens with zero attached hydrogens (tertiary/aromatic N) is 2. The van der Waals surface area contributed by atoms with Crippen LogP contribution in [-0.2, 0) is 13.0 Å². The minimum Gasteiger partial charge on any atom is -0.368 e. The summed E-state index contributed by atoms with van der Waals surface area (Å²) in [5, 5.41) is 3.37. The van der Waals surface area contributed by atoms with Crippen LogP contribution < -0.4 is 11.1 Å². The highest BCUT2D eigenvalue weighted by molar-refractivity contribution is 5.45. The summed E-state index contributed by atoms with van der Waals surface area (Å²) in [6.07, 6.45) is 4.50. The Morgan fingerprint density at radius 1 is 1.53 bits per heavy atom. The zero-order valence-corrected chi connectivity index (χ0v) is 9.21. The third-order valence-corrected chi connectivity index (χ3v) is 3.59. The van der Waals surface area contributed by atoms with Crippen LogP contribution in [0.5, 0.6) is 0 Å². The highest BCUT2D eigenvalue weighted by Crippen LogP contribution is 2.36. The number of rotatable bonds is 3. The summed E-state index contributed by atoms with van der Waals surface area (Å²) in [4.78, 5) is 4.61. The van der Waals surface area contributed by atoms with Crippen molar-refractivity contribution >= 4 is 5.82 Å². The van der Waals surface area contributed by atoms with Crippen LogP contribution in [-0.4, -0.2) is 21.6 Å². The molecule has 1 saturated carbocycles. The second kappa shape index (κ2) is 2.98.